The zero-order valence-electron chi connectivity index (χ0n) is 13.7. The highest BCUT2D eigenvalue weighted by atomic mass is 16.5. The summed E-state index contributed by atoms with van der Waals surface area (Å²) in [7, 11) is 0. The summed E-state index contributed by atoms with van der Waals surface area (Å²) in [6.07, 6.45) is -0.320. The molecule has 0 spiro atoms. The zero-order valence-corrected chi connectivity index (χ0v) is 13.7. The number of hydrogen-bond acceptors (Lipinski definition) is 8. The number of nitrogens with zero attached hydrogens (tertiary/aromatic N) is 2. The largest absolute Gasteiger partial charge is 0.481 e. The number of aliphatic hydroxyl groups is 4. The molecular weight excluding hydrogens is 318 g/mol. The van der Waals surface area contributed by atoms with Crippen LogP contribution in [0.2, 0.25) is 0 Å². The van der Waals surface area contributed by atoms with E-state index in [-0.39, 0.29) is 18.4 Å². The van der Waals surface area contributed by atoms with Gasteiger partial charge in [-0.05, 0) is 38.0 Å². The van der Waals surface area contributed by atoms with Crippen LogP contribution in [0.4, 0.5) is 0 Å². The van der Waals surface area contributed by atoms with Crippen LogP contribution in [0.25, 0.3) is 0 Å². The summed E-state index contributed by atoms with van der Waals surface area (Å²) in [5, 5.41) is 47.9. The van der Waals surface area contributed by atoms with Gasteiger partial charge in [-0.1, -0.05) is 0 Å². The highest BCUT2D eigenvalue weighted by Gasteiger charge is 2.37. The van der Waals surface area contributed by atoms with Crippen LogP contribution in [0.3, 0.4) is 0 Å². The number of carboxylic acids is 1. The molecule has 140 valence electrons. The number of carbonyl (C=O) groups is 1. The van der Waals surface area contributed by atoms with Crippen molar-refractivity contribution < 1.29 is 30.3 Å². The molecule has 3 atom stereocenters. The van der Waals surface area contributed by atoms with Crippen LogP contribution in [0, 0.1) is 11.8 Å². The molecule has 2 rings (SSSR count). The minimum atomic E-state index is -1.66. The predicted octanol–water partition coefficient (Wildman–Crippen LogP) is -1.88. The summed E-state index contributed by atoms with van der Waals surface area (Å²) in [6.45, 7) is 0.987. The second kappa shape index (κ2) is 8.52. The monoisotopic (exact) mass is 347 g/mol. The maximum absolute atomic E-state index is 11.0. The molecule has 1 saturated carbocycles. The van der Waals surface area contributed by atoms with E-state index in [4.69, 9.17) is 21.1 Å². The summed E-state index contributed by atoms with van der Waals surface area (Å²) in [5.74, 6) is -0.825. The summed E-state index contributed by atoms with van der Waals surface area (Å²) in [5.41, 5.74) is 5.63. The van der Waals surface area contributed by atoms with E-state index < -0.39 is 30.9 Å². The Labute approximate surface area is 141 Å². The van der Waals surface area contributed by atoms with E-state index in [1.54, 1.807) is 9.80 Å². The molecule has 0 aromatic carbocycles. The van der Waals surface area contributed by atoms with Crippen LogP contribution in [0.15, 0.2) is 0 Å². The van der Waals surface area contributed by atoms with Gasteiger partial charge in [0.25, 0.3) is 0 Å². The van der Waals surface area contributed by atoms with Crippen LogP contribution < -0.4 is 5.73 Å². The van der Waals surface area contributed by atoms with Crippen molar-refractivity contribution in [3.8, 4) is 0 Å². The van der Waals surface area contributed by atoms with Crippen LogP contribution in [-0.2, 0) is 4.79 Å². The molecule has 0 amide bonds. The fraction of sp³-hybridized carbons (Fsp3) is 0.933. The molecule has 24 heavy (non-hydrogen) atoms. The highest BCUT2D eigenvalue weighted by molar-refractivity contribution is 5.69. The average molecular weight is 347 g/mol. The van der Waals surface area contributed by atoms with Gasteiger partial charge in [-0.3, -0.25) is 9.69 Å². The van der Waals surface area contributed by atoms with E-state index in [9.17, 15) is 15.0 Å². The van der Waals surface area contributed by atoms with Gasteiger partial charge in [-0.2, -0.15) is 0 Å². The van der Waals surface area contributed by atoms with E-state index in [1.807, 2.05) is 0 Å². The lowest BCUT2D eigenvalue weighted by molar-refractivity contribution is -0.213. The fourth-order valence-corrected chi connectivity index (χ4v) is 3.58. The molecule has 1 heterocycles. The van der Waals surface area contributed by atoms with Crippen molar-refractivity contribution in [3.63, 3.8) is 0 Å². The lowest BCUT2D eigenvalue weighted by atomic mass is 9.81. The summed E-state index contributed by atoms with van der Waals surface area (Å²) < 4.78 is 0. The number of carboxylic acid groups (broad SMARTS) is 1. The van der Waals surface area contributed by atoms with Crippen LogP contribution in [-0.4, -0.2) is 85.8 Å². The Morgan fingerprint density at radius 3 is 2.29 bits per heavy atom. The number of rotatable bonds is 6. The maximum atomic E-state index is 11.0. The second-order valence-corrected chi connectivity index (χ2v) is 6.94. The maximum Gasteiger partial charge on any atom is 0.306 e. The van der Waals surface area contributed by atoms with Gasteiger partial charge in [0.15, 0.2) is 12.6 Å². The normalized spacial score (nSPS) is 34.4. The van der Waals surface area contributed by atoms with Crippen molar-refractivity contribution in [2.45, 2.75) is 57.0 Å². The van der Waals surface area contributed by atoms with Gasteiger partial charge >= 0.3 is 5.97 Å². The van der Waals surface area contributed by atoms with E-state index >= 15 is 0 Å². The highest BCUT2D eigenvalue weighted by Crippen LogP contribution is 2.31. The first-order chi connectivity index (χ1) is 11.3. The molecule has 9 nitrogen and oxygen atoms in total. The first-order valence-corrected chi connectivity index (χ1v) is 8.50. The standard InChI is InChI=1S/C15H29N3O6/c16-11(14(22)23)8-17-6-5-12(19)18(15(17)24)7-9-1-3-10(4-2-9)13(20)21/h9-12,14-15,19,22-24H,1-8,16H2,(H,20,21)/t9?,10?,11-,12?,15?/m0/s1. The molecule has 7 N–H and O–H groups in total. The predicted molar refractivity (Wildman–Crippen MR) is 84.2 cm³/mol. The van der Waals surface area contributed by atoms with Crippen molar-refractivity contribution >= 4 is 5.97 Å². The second-order valence-electron chi connectivity index (χ2n) is 6.94. The molecule has 1 aliphatic heterocycles. The van der Waals surface area contributed by atoms with Crippen LogP contribution in [0.1, 0.15) is 32.1 Å². The number of nitrogens with two attached hydrogens (primary N) is 1. The smallest absolute Gasteiger partial charge is 0.306 e. The van der Waals surface area contributed by atoms with Crippen molar-refractivity contribution in [1.29, 1.82) is 0 Å². The Morgan fingerprint density at radius 2 is 1.75 bits per heavy atom. The number of aliphatic carboxylic acids is 1. The molecule has 0 aromatic heterocycles. The van der Waals surface area contributed by atoms with E-state index in [0.29, 0.717) is 32.4 Å². The van der Waals surface area contributed by atoms with E-state index in [0.717, 1.165) is 12.8 Å². The molecule has 2 fully saturated rings. The molecule has 2 unspecified atom stereocenters. The molecule has 2 aliphatic rings. The Balaban J connectivity index is 1.89. The van der Waals surface area contributed by atoms with Gasteiger partial charge in [-0.25, -0.2) is 4.90 Å². The molecule has 9 heteroatoms. The van der Waals surface area contributed by atoms with Crippen molar-refractivity contribution in [2.24, 2.45) is 17.6 Å². The third kappa shape index (κ3) is 4.85. The topological polar surface area (TPSA) is 151 Å². The van der Waals surface area contributed by atoms with Crippen LogP contribution in [0.5, 0.6) is 0 Å². The molecular formula is C15H29N3O6. The summed E-state index contributed by atoms with van der Waals surface area (Å²) in [4.78, 5) is 14.2. The van der Waals surface area contributed by atoms with Gasteiger partial charge in [0.1, 0.15) is 6.23 Å². The molecule has 0 aromatic rings. The first-order valence-electron chi connectivity index (χ1n) is 8.50. The van der Waals surface area contributed by atoms with Crippen LogP contribution >= 0.6 is 0 Å². The Hall–Kier alpha value is -0.810. The minimum Gasteiger partial charge on any atom is -0.481 e. The van der Waals surface area contributed by atoms with E-state index in [2.05, 4.69) is 0 Å². The molecule has 0 radical (unpaired) electrons. The SMILES string of the molecule is N[C@@H](CN1CCC(O)N(CC2CCC(C(=O)O)CC2)C1O)C(O)O. The van der Waals surface area contributed by atoms with Crippen molar-refractivity contribution in [3.05, 3.63) is 0 Å². The van der Waals surface area contributed by atoms with Gasteiger partial charge in [0.2, 0.25) is 0 Å². The third-order valence-corrected chi connectivity index (χ3v) is 5.17. The molecule has 1 aliphatic carbocycles. The minimum absolute atomic E-state index is 0.105. The van der Waals surface area contributed by atoms with Gasteiger partial charge in [-0.15, -0.1) is 0 Å². The Morgan fingerprint density at radius 1 is 1.12 bits per heavy atom. The number of aliphatic hydroxyl groups excluding tert-OH is 3. The quantitative estimate of drug-likeness (QED) is 0.303. The lowest BCUT2D eigenvalue weighted by Crippen LogP contribution is -2.61. The molecule has 0 bridgehead atoms. The van der Waals surface area contributed by atoms with Crippen molar-refractivity contribution in [1.82, 2.24) is 9.80 Å². The third-order valence-electron chi connectivity index (χ3n) is 5.17. The van der Waals surface area contributed by atoms with Gasteiger partial charge in [0, 0.05) is 19.6 Å². The summed E-state index contributed by atoms with van der Waals surface area (Å²) in [6, 6.07) is -0.900. The Kier molecular flexibility index (Phi) is 6.93. The Bertz CT molecular complexity index is 416. The fourth-order valence-electron chi connectivity index (χ4n) is 3.58. The molecule has 1 saturated heterocycles. The number of hydrogen-bond donors (Lipinski definition) is 6. The summed E-state index contributed by atoms with van der Waals surface area (Å²) >= 11 is 0. The van der Waals surface area contributed by atoms with Gasteiger partial charge < -0.3 is 31.3 Å². The zero-order chi connectivity index (χ0) is 17.9. The van der Waals surface area contributed by atoms with Gasteiger partial charge in [0.05, 0.1) is 12.0 Å². The first kappa shape index (κ1) is 19.5. The van der Waals surface area contributed by atoms with E-state index in [1.165, 1.54) is 0 Å². The average Bonchev–Trinajstić information content (AvgIpc) is 2.54. The lowest BCUT2D eigenvalue weighted by Gasteiger charge is -2.46. The van der Waals surface area contributed by atoms with Crippen molar-refractivity contribution in [2.75, 3.05) is 19.6 Å².